The summed E-state index contributed by atoms with van der Waals surface area (Å²) < 4.78 is 0. The van der Waals surface area contributed by atoms with E-state index in [0.717, 1.165) is 0 Å². The lowest BCUT2D eigenvalue weighted by molar-refractivity contribution is -0.119. The second-order valence-corrected chi connectivity index (χ2v) is 3.86. The summed E-state index contributed by atoms with van der Waals surface area (Å²) in [6, 6.07) is 6.58. The van der Waals surface area contributed by atoms with Crippen molar-refractivity contribution in [3.05, 3.63) is 35.4 Å². The van der Waals surface area contributed by atoms with Crippen molar-refractivity contribution in [1.82, 2.24) is 5.32 Å². The van der Waals surface area contributed by atoms with Crippen LogP contribution in [0, 0.1) is 0 Å². The maximum Gasteiger partial charge on any atom is 0.216 e. The fourth-order valence-corrected chi connectivity index (χ4v) is 1.47. The van der Waals surface area contributed by atoms with Gasteiger partial charge in [-0.05, 0) is 17.2 Å². The maximum atomic E-state index is 10.7. The molecule has 18 heavy (non-hydrogen) atoms. The molecule has 0 spiro atoms. The molecule has 1 aromatic rings. The summed E-state index contributed by atoms with van der Waals surface area (Å²) >= 11 is 0. The molecule has 0 fully saturated rings. The Morgan fingerprint density at radius 1 is 1.50 bits per heavy atom. The normalized spacial score (nSPS) is 14.4. The second kappa shape index (κ2) is 6.73. The van der Waals surface area contributed by atoms with Gasteiger partial charge < -0.3 is 20.7 Å². The van der Waals surface area contributed by atoms with Gasteiger partial charge in [-0.3, -0.25) is 4.79 Å². The average Bonchev–Trinajstić information content (AvgIpc) is 2.35. The summed E-state index contributed by atoms with van der Waals surface area (Å²) in [5.41, 5.74) is 1.08. The summed E-state index contributed by atoms with van der Waals surface area (Å²) in [6.45, 7) is 1.30. The number of benzene rings is 1. The average molecular weight is 252 g/mol. The SMILES string of the molecule is CC(=O)NCC(O)C(O)c1cccc(C=NO)c1. The largest absolute Gasteiger partial charge is 0.411 e. The number of carbonyl (C=O) groups excluding carboxylic acids is 1. The number of nitrogens with zero attached hydrogens (tertiary/aromatic N) is 1. The van der Waals surface area contributed by atoms with Crippen LogP contribution in [0.4, 0.5) is 0 Å². The standard InChI is InChI=1S/C12H16N2O4/c1-8(15)13-7-11(16)12(17)10-4-2-3-9(5-10)6-14-18/h2-6,11-12,16-18H,7H2,1H3,(H,13,15). The van der Waals surface area contributed by atoms with Crippen molar-refractivity contribution in [2.45, 2.75) is 19.1 Å². The Kier molecular flexibility index (Phi) is 5.29. The molecular weight excluding hydrogens is 236 g/mol. The lowest BCUT2D eigenvalue weighted by atomic mass is 10.0. The van der Waals surface area contributed by atoms with Gasteiger partial charge in [-0.2, -0.15) is 0 Å². The van der Waals surface area contributed by atoms with E-state index in [2.05, 4.69) is 10.5 Å². The van der Waals surface area contributed by atoms with Crippen LogP contribution in [0.25, 0.3) is 0 Å². The van der Waals surface area contributed by atoms with Gasteiger partial charge in [-0.1, -0.05) is 23.4 Å². The molecule has 6 nitrogen and oxygen atoms in total. The van der Waals surface area contributed by atoms with E-state index in [9.17, 15) is 15.0 Å². The van der Waals surface area contributed by atoms with E-state index >= 15 is 0 Å². The molecule has 0 aromatic heterocycles. The highest BCUT2D eigenvalue weighted by atomic mass is 16.4. The first kappa shape index (κ1) is 14.1. The number of aliphatic hydroxyl groups is 2. The Hall–Kier alpha value is -1.92. The predicted octanol–water partition coefficient (Wildman–Crippen LogP) is 0.0251. The Balaban J connectivity index is 2.73. The Morgan fingerprint density at radius 2 is 2.22 bits per heavy atom. The molecule has 0 aliphatic rings. The van der Waals surface area contributed by atoms with Crippen molar-refractivity contribution < 1.29 is 20.2 Å². The molecule has 0 aliphatic carbocycles. The van der Waals surface area contributed by atoms with Crippen molar-refractivity contribution in [2.75, 3.05) is 6.54 Å². The van der Waals surface area contributed by atoms with Gasteiger partial charge in [0.2, 0.25) is 5.91 Å². The third-order valence-corrected chi connectivity index (χ3v) is 2.38. The fraction of sp³-hybridized carbons (Fsp3) is 0.333. The molecule has 0 aliphatic heterocycles. The number of nitrogens with one attached hydrogen (secondary N) is 1. The second-order valence-electron chi connectivity index (χ2n) is 3.86. The molecule has 1 amide bonds. The minimum Gasteiger partial charge on any atom is -0.411 e. The zero-order chi connectivity index (χ0) is 13.5. The van der Waals surface area contributed by atoms with Crippen molar-refractivity contribution in [2.24, 2.45) is 5.16 Å². The maximum absolute atomic E-state index is 10.7. The summed E-state index contributed by atoms with van der Waals surface area (Å²) in [4.78, 5) is 10.7. The topological polar surface area (TPSA) is 102 Å². The van der Waals surface area contributed by atoms with E-state index < -0.39 is 12.2 Å². The first-order valence-corrected chi connectivity index (χ1v) is 5.42. The third-order valence-electron chi connectivity index (χ3n) is 2.38. The predicted molar refractivity (Wildman–Crippen MR) is 65.5 cm³/mol. The molecular formula is C12H16N2O4. The summed E-state index contributed by atoms with van der Waals surface area (Å²) in [6.07, 6.45) is -1.00. The van der Waals surface area contributed by atoms with Crippen LogP contribution in [-0.2, 0) is 4.79 Å². The van der Waals surface area contributed by atoms with Crippen molar-refractivity contribution >= 4 is 12.1 Å². The Morgan fingerprint density at radius 3 is 2.83 bits per heavy atom. The van der Waals surface area contributed by atoms with E-state index in [1.807, 2.05) is 0 Å². The molecule has 4 N–H and O–H groups in total. The molecule has 2 atom stereocenters. The van der Waals surface area contributed by atoms with Crippen molar-refractivity contribution in [3.8, 4) is 0 Å². The van der Waals surface area contributed by atoms with Gasteiger partial charge in [0, 0.05) is 13.5 Å². The molecule has 0 radical (unpaired) electrons. The highest BCUT2D eigenvalue weighted by molar-refractivity contribution is 5.79. The van der Waals surface area contributed by atoms with Crippen LogP contribution in [0.2, 0.25) is 0 Å². The minimum atomic E-state index is -1.12. The van der Waals surface area contributed by atoms with Crippen molar-refractivity contribution in [3.63, 3.8) is 0 Å². The molecule has 1 rings (SSSR count). The third kappa shape index (κ3) is 4.15. The van der Waals surface area contributed by atoms with Crippen molar-refractivity contribution in [1.29, 1.82) is 0 Å². The fourth-order valence-electron chi connectivity index (χ4n) is 1.47. The molecule has 98 valence electrons. The smallest absolute Gasteiger partial charge is 0.216 e. The highest BCUT2D eigenvalue weighted by Gasteiger charge is 2.18. The highest BCUT2D eigenvalue weighted by Crippen LogP contribution is 2.17. The van der Waals surface area contributed by atoms with E-state index in [1.54, 1.807) is 24.3 Å². The van der Waals surface area contributed by atoms with E-state index in [4.69, 9.17) is 5.21 Å². The summed E-state index contributed by atoms with van der Waals surface area (Å²) in [5, 5.41) is 33.3. The van der Waals surface area contributed by atoms with Crippen LogP contribution >= 0.6 is 0 Å². The lowest BCUT2D eigenvalue weighted by Gasteiger charge is -2.18. The van der Waals surface area contributed by atoms with Gasteiger partial charge in [-0.25, -0.2) is 0 Å². The number of oxime groups is 1. The van der Waals surface area contributed by atoms with Gasteiger partial charge in [0.25, 0.3) is 0 Å². The van der Waals surface area contributed by atoms with Gasteiger partial charge in [0.05, 0.1) is 6.21 Å². The molecule has 6 heteroatoms. The van der Waals surface area contributed by atoms with Gasteiger partial charge in [-0.15, -0.1) is 0 Å². The number of hydrogen-bond donors (Lipinski definition) is 4. The van der Waals surface area contributed by atoms with Crippen LogP contribution in [0.5, 0.6) is 0 Å². The van der Waals surface area contributed by atoms with E-state index in [1.165, 1.54) is 13.1 Å². The molecule has 0 bridgehead atoms. The van der Waals surface area contributed by atoms with E-state index in [0.29, 0.717) is 11.1 Å². The Labute approximate surface area is 105 Å². The molecule has 1 aromatic carbocycles. The van der Waals surface area contributed by atoms with Gasteiger partial charge >= 0.3 is 0 Å². The van der Waals surface area contributed by atoms with Gasteiger partial charge in [0.15, 0.2) is 0 Å². The summed E-state index contributed by atoms with van der Waals surface area (Å²) in [7, 11) is 0. The van der Waals surface area contributed by atoms with E-state index in [-0.39, 0.29) is 12.5 Å². The van der Waals surface area contributed by atoms with Crippen LogP contribution in [0.3, 0.4) is 0 Å². The molecule has 0 saturated carbocycles. The van der Waals surface area contributed by atoms with Crippen LogP contribution < -0.4 is 5.32 Å². The molecule has 0 saturated heterocycles. The van der Waals surface area contributed by atoms with Gasteiger partial charge in [0.1, 0.15) is 12.2 Å². The van der Waals surface area contributed by atoms with Crippen LogP contribution in [0.15, 0.2) is 29.4 Å². The first-order chi connectivity index (χ1) is 8.54. The minimum absolute atomic E-state index is 0.0329. The number of carbonyl (C=O) groups is 1. The summed E-state index contributed by atoms with van der Waals surface area (Å²) in [5.74, 6) is -0.276. The first-order valence-electron chi connectivity index (χ1n) is 5.42. The monoisotopic (exact) mass is 252 g/mol. The number of aliphatic hydroxyl groups excluding tert-OH is 2. The zero-order valence-electron chi connectivity index (χ0n) is 9.95. The lowest BCUT2D eigenvalue weighted by Crippen LogP contribution is -2.34. The van der Waals surface area contributed by atoms with Crippen LogP contribution in [0.1, 0.15) is 24.2 Å². The number of amides is 1. The molecule has 0 heterocycles. The Bertz CT molecular complexity index is 434. The number of hydrogen-bond acceptors (Lipinski definition) is 5. The molecule has 2 unspecified atom stereocenters. The zero-order valence-corrected chi connectivity index (χ0v) is 9.95. The number of rotatable bonds is 5. The quantitative estimate of drug-likeness (QED) is 0.337. The van der Waals surface area contributed by atoms with Crippen LogP contribution in [-0.4, -0.2) is 40.2 Å².